The summed E-state index contributed by atoms with van der Waals surface area (Å²) in [4.78, 5) is 36.2. The van der Waals surface area contributed by atoms with E-state index in [2.05, 4.69) is 52.4 Å². The number of carboxylic acids is 1. The van der Waals surface area contributed by atoms with Crippen LogP contribution in [0.5, 0.6) is 0 Å². The van der Waals surface area contributed by atoms with Gasteiger partial charge in [0.05, 0.1) is 18.9 Å². The van der Waals surface area contributed by atoms with E-state index in [0.29, 0.717) is 24.1 Å². The number of rotatable bonds is 10. The van der Waals surface area contributed by atoms with Crippen molar-refractivity contribution in [2.45, 2.75) is 39.0 Å². The van der Waals surface area contributed by atoms with Crippen molar-refractivity contribution < 1.29 is 34.1 Å². The predicted octanol–water partition coefficient (Wildman–Crippen LogP) is 5.61. The average molecular weight is 696 g/mol. The van der Waals surface area contributed by atoms with Gasteiger partial charge >= 0.3 is 17.6 Å². The van der Waals surface area contributed by atoms with Crippen LogP contribution in [0.4, 0.5) is 11.4 Å². The molecule has 0 aliphatic heterocycles. The number of halogens is 2. The summed E-state index contributed by atoms with van der Waals surface area (Å²) >= 11 is 6.57. The molecule has 11 nitrogen and oxygen atoms in total. The number of carbonyl (C=O) groups excluding carboxylic acids is 2. The molecule has 0 atom stereocenters. The standard InChI is InChI=1S/C14H17BrN2O4.C8H12O3.C6H4BrN2/c1-2-21-14(20)12(7-4-8-13(18)19)17-16-11-6-3-5-10(15)9-11;1-11-5-8(10)6-3-2-4-7(6)9;7-5-2-1-3-6(4-5)9-8/h3,5-7,9,16-17H,2,4,8H2,1H3,(H,18,19);10H,2-5H2,1H3;1-4H/q;;+1/p-1/b12-7+;;. The van der Waals surface area contributed by atoms with Gasteiger partial charge in [0.25, 0.3) is 0 Å². The molecule has 1 saturated carbocycles. The molecule has 13 heteroatoms. The van der Waals surface area contributed by atoms with E-state index < -0.39 is 11.9 Å². The smallest absolute Gasteiger partial charge is 0.386 e. The Morgan fingerprint density at radius 2 is 1.83 bits per heavy atom. The molecule has 1 fully saturated rings. The van der Waals surface area contributed by atoms with Crippen LogP contribution in [-0.4, -0.2) is 43.2 Å². The zero-order valence-electron chi connectivity index (χ0n) is 22.7. The minimum absolute atomic E-state index is 0.00653. The number of ketones is 1. The maximum atomic E-state index is 11.8. The van der Waals surface area contributed by atoms with Crippen molar-refractivity contribution in [2.24, 2.45) is 0 Å². The summed E-state index contributed by atoms with van der Waals surface area (Å²) in [7, 11) is 1.46. The van der Waals surface area contributed by atoms with Crippen molar-refractivity contribution in [1.82, 2.24) is 5.43 Å². The summed E-state index contributed by atoms with van der Waals surface area (Å²) in [5.41, 5.74) is 7.55. The molecular weight excluding hydrogens is 664 g/mol. The fourth-order valence-electron chi connectivity index (χ4n) is 3.21. The first-order chi connectivity index (χ1) is 19.6. The van der Waals surface area contributed by atoms with E-state index in [0.717, 1.165) is 21.1 Å². The zero-order valence-corrected chi connectivity index (χ0v) is 25.9. The highest BCUT2D eigenvalue weighted by molar-refractivity contribution is 9.10. The highest BCUT2D eigenvalue weighted by Crippen LogP contribution is 2.21. The number of carbonyl (C=O) groups is 3. The minimum atomic E-state index is -0.922. The van der Waals surface area contributed by atoms with Gasteiger partial charge in [0.2, 0.25) is 5.39 Å². The van der Waals surface area contributed by atoms with Crippen LogP contribution in [-0.2, 0) is 23.9 Å². The average Bonchev–Trinajstić information content (AvgIpc) is 3.37. The Labute approximate surface area is 255 Å². The van der Waals surface area contributed by atoms with E-state index in [1.807, 2.05) is 30.3 Å². The second-order valence-corrected chi connectivity index (χ2v) is 10.1. The quantitative estimate of drug-likeness (QED) is 0.0935. The van der Waals surface area contributed by atoms with Crippen molar-refractivity contribution in [3.8, 4) is 0 Å². The van der Waals surface area contributed by atoms with Crippen LogP contribution in [0.15, 0.2) is 80.6 Å². The molecule has 1 aliphatic carbocycles. The van der Waals surface area contributed by atoms with E-state index in [1.165, 1.54) is 13.2 Å². The van der Waals surface area contributed by atoms with Crippen molar-refractivity contribution in [1.29, 1.82) is 5.39 Å². The first kappa shape index (κ1) is 35.3. The van der Waals surface area contributed by atoms with Crippen LogP contribution in [0.3, 0.4) is 0 Å². The van der Waals surface area contributed by atoms with E-state index in [4.69, 9.17) is 15.2 Å². The molecule has 0 unspecified atom stereocenters. The van der Waals surface area contributed by atoms with Crippen LogP contribution in [0.2, 0.25) is 0 Å². The van der Waals surface area contributed by atoms with Gasteiger partial charge in [-0.25, -0.2) is 4.79 Å². The van der Waals surface area contributed by atoms with Crippen LogP contribution in [0, 0.1) is 5.39 Å². The molecule has 0 bridgehead atoms. The van der Waals surface area contributed by atoms with Crippen LogP contribution in [0.25, 0.3) is 4.98 Å². The highest BCUT2D eigenvalue weighted by Gasteiger charge is 2.17. The topological polar surface area (TPSA) is 165 Å². The Morgan fingerprint density at radius 3 is 2.34 bits per heavy atom. The Balaban J connectivity index is 0.000000348. The number of allylic oxidation sites excluding steroid dienone is 2. The van der Waals surface area contributed by atoms with Crippen LogP contribution in [0.1, 0.15) is 39.0 Å². The van der Waals surface area contributed by atoms with Crippen LogP contribution < -0.4 is 16.0 Å². The number of diazo groups is 1. The number of carboxylic acid groups (broad SMARTS) is 1. The third-order valence-electron chi connectivity index (χ3n) is 5.07. The molecular formula is C28H32Br2N4O7. The number of esters is 1. The monoisotopic (exact) mass is 694 g/mol. The third-order valence-corrected chi connectivity index (χ3v) is 6.06. The Bertz CT molecular complexity index is 1280. The summed E-state index contributed by atoms with van der Waals surface area (Å²) in [5, 5.41) is 28.0. The van der Waals surface area contributed by atoms with Gasteiger partial charge in [-0.1, -0.05) is 55.8 Å². The van der Waals surface area contributed by atoms with Gasteiger partial charge < -0.3 is 25.1 Å². The van der Waals surface area contributed by atoms with E-state index in [1.54, 1.807) is 25.1 Å². The van der Waals surface area contributed by atoms with Gasteiger partial charge in [-0.15, -0.1) is 0 Å². The molecule has 3 N–H and O–H groups in total. The highest BCUT2D eigenvalue weighted by atomic mass is 79.9. The molecule has 0 aromatic heterocycles. The molecule has 2 aromatic rings. The SMILES string of the molecule is CCOC(=O)/C(=C\CCC(=O)O)NNc1cccc(Br)c1.COCC([O-])=C1CCCC1=O.N#[N+]c1cccc(Br)c1. The number of hydrogen-bond donors (Lipinski definition) is 3. The number of nitrogens with one attached hydrogen (secondary N) is 2. The summed E-state index contributed by atoms with van der Waals surface area (Å²) in [6.45, 7) is 1.99. The molecule has 2 aromatic carbocycles. The van der Waals surface area contributed by atoms with Gasteiger partial charge in [0.1, 0.15) is 5.70 Å². The normalized spacial score (nSPS) is 13.4. The molecule has 220 valence electrons. The maximum absolute atomic E-state index is 11.8. The first-order valence-corrected chi connectivity index (χ1v) is 14.1. The fourth-order valence-corrected chi connectivity index (χ4v) is 3.99. The minimum Gasteiger partial charge on any atom is -0.874 e. The second kappa shape index (κ2) is 20.2. The van der Waals surface area contributed by atoms with E-state index >= 15 is 0 Å². The Kier molecular flexibility index (Phi) is 17.4. The lowest BCUT2D eigenvalue weighted by Crippen LogP contribution is -2.27. The lowest BCUT2D eigenvalue weighted by molar-refractivity contribution is -0.312. The number of ether oxygens (including phenoxy) is 2. The number of hydrazine groups is 1. The summed E-state index contributed by atoms with van der Waals surface area (Å²) in [6, 6.07) is 14.5. The molecule has 41 heavy (non-hydrogen) atoms. The van der Waals surface area contributed by atoms with E-state index in [-0.39, 0.29) is 43.3 Å². The number of benzene rings is 2. The molecule has 0 saturated heterocycles. The summed E-state index contributed by atoms with van der Waals surface area (Å²) in [6.07, 6.45) is 3.67. The predicted molar refractivity (Wildman–Crippen MR) is 159 cm³/mol. The van der Waals surface area contributed by atoms with Gasteiger partial charge in [0, 0.05) is 41.0 Å². The molecule has 0 heterocycles. The molecule has 0 radical (unpaired) electrons. The van der Waals surface area contributed by atoms with Gasteiger partial charge in [-0.2, -0.15) is 0 Å². The first-order valence-electron chi connectivity index (χ1n) is 12.5. The van der Waals surface area contributed by atoms with Crippen molar-refractivity contribution >= 4 is 61.0 Å². The lowest BCUT2D eigenvalue weighted by Gasteiger charge is -2.13. The number of aliphatic carboxylic acids is 1. The van der Waals surface area contributed by atoms with Crippen molar-refractivity contribution in [2.75, 3.05) is 25.7 Å². The Hall–Kier alpha value is -3.73. The Morgan fingerprint density at radius 1 is 1.15 bits per heavy atom. The molecule has 0 spiro atoms. The second-order valence-electron chi connectivity index (χ2n) is 8.22. The largest absolute Gasteiger partial charge is 0.874 e. The molecule has 0 amide bonds. The van der Waals surface area contributed by atoms with Crippen molar-refractivity contribution in [3.05, 3.63) is 85.6 Å². The fraction of sp³-hybridized carbons (Fsp3) is 0.321. The summed E-state index contributed by atoms with van der Waals surface area (Å²) < 4.78 is 11.4. The van der Waals surface area contributed by atoms with Gasteiger partial charge in [0.15, 0.2) is 10.8 Å². The van der Waals surface area contributed by atoms with E-state index in [9.17, 15) is 19.5 Å². The lowest BCUT2D eigenvalue weighted by atomic mass is 10.2. The maximum Gasteiger partial charge on any atom is 0.386 e. The van der Waals surface area contributed by atoms with Gasteiger partial charge in [-0.3, -0.25) is 15.0 Å². The molecule has 1 aliphatic rings. The van der Waals surface area contributed by atoms with Crippen LogP contribution >= 0.6 is 31.9 Å². The van der Waals surface area contributed by atoms with Gasteiger partial charge in [-0.05, 0) is 56.0 Å². The third kappa shape index (κ3) is 15.0. The summed E-state index contributed by atoms with van der Waals surface area (Å²) in [5.74, 6) is -1.60. The number of hydrogen-bond acceptors (Lipinski definition) is 9. The van der Waals surface area contributed by atoms with Crippen molar-refractivity contribution in [3.63, 3.8) is 0 Å². The number of nitrogens with zero attached hydrogens (tertiary/aromatic N) is 2. The molecule has 3 rings (SSSR count). The number of anilines is 1. The number of Topliss-reactive ketones (excluding diaryl/α,β-unsaturated/α-hetero) is 1. The number of methoxy groups -OCH3 is 1. The zero-order chi connectivity index (χ0) is 30.6.